The van der Waals surface area contributed by atoms with Gasteiger partial charge < -0.3 is 10.4 Å². The molecular weight excluding hydrogens is 322 g/mol. The second-order valence-corrected chi connectivity index (χ2v) is 7.36. The number of anilines is 1. The zero-order valence-corrected chi connectivity index (χ0v) is 15.0. The highest BCUT2D eigenvalue weighted by Gasteiger charge is 2.38. The normalized spacial score (nSPS) is 21.8. The van der Waals surface area contributed by atoms with Gasteiger partial charge in [-0.3, -0.25) is 0 Å². The molecule has 0 spiro atoms. The minimum Gasteiger partial charge on any atom is -0.390 e. The highest BCUT2D eigenvalue weighted by Crippen LogP contribution is 2.36. The molecule has 1 aliphatic carbocycles. The van der Waals surface area contributed by atoms with Gasteiger partial charge >= 0.3 is 0 Å². The van der Waals surface area contributed by atoms with Crippen molar-refractivity contribution in [3.63, 3.8) is 0 Å². The fraction of sp³-hybridized carbons (Fsp3) is 0.273. The van der Waals surface area contributed by atoms with Crippen molar-refractivity contribution < 1.29 is 5.11 Å². The van der Waals surface area contributed by atoms with Crippen molar-refractivity contribution in [3.05, 3.63) is 53.6 Å². The van der Waals surface area contributed by atoms with Crippen LogP contribution in [0.15, 0.2) is 42.5 Å². The van der Waals surface area contributed by atoms with E-state index in [4.69, 9.17) is 6.42 Å². The van der Waals surface area contributed by atoms with E-state index >= 15 is 0 Å². The number of nitrogens with one attached hydrogen (secondary N) is 1. The number of fused-ring (bicyclic) bond motifs is 1. The predicted octanol–water partition coefficient (Wildman–Crippen LogP) is 3.91. The summed E-state index contributed by atoms with van der Waals surface area (Å²) in [6, 6.07) is 14.3. The molecule has 1 saturated carbocycles. The Morgan fingerprint density at radius 3 is 2.54 bits per heavy atom. The molecule has 4 heteroatoms. The molecule has 1 fully saturated rings. The summed E-state index contributed by atoms with van der Waals surface area (Å²) in [7, 11) is 0. The summed E-state index contributed by atoms with van der Waals surface area (Å²) in [6.07, 6.45) is 6.94. The molecule has 0 aliphatic heterocycles. The number of aliphatic hydroxyl groups is 1. The number of rotatable bonds is 3. The molecule has 1 heterocycles. The van der Waals surface area contributed by atoms with E-state index in [0.717, 1.165) is 51.8 Å². The lowest BCUT2D eigenvalue weighted by Crippen LogP contribution is -2.48. The number of hydrogen-bond donors (Lipinski definition) is 2. The van der Waals surface area contributed by atoms with E-state index in [1.54, 1.807) is 0 Å². The first-order chi connectivity index (χ1) is 12.5. The molecule has 26 heavy (non-hydrogen) atoms. The lowest BCUT2D eigenvalue weighted by Gasteiger charge is -2.41. The Labute approximate surface area is 153 Å². The summed E-state index contributed by atoms with van der Waals surface area (Å²) >= 11 is 0. The molecule has 0 saturated heterocycles. The molecule has 3 aromatic rings. The average Bonchev–Trinajstić information content (AvgIpc) is 2.61. The van der Waals surface area contributed by atoms with Crippen molar-refractivity contribution in [2.45, 2.75) is 38.3 Å². The van der Waals surface area contributed by atoms with Gasteiger partial charge in [-0.05, 0) is 44.4 Å². The third kappa shape index (κ3) is 2.91. The molecule has 0 amide bonds. The molecule has 4 rings (SSSR count). The van der Waals surface area contributed by atoms with Gasteiger partial charge in [0.05, 0.1) is 5.60 Å². The zero-order valence-electron chi connectivity index (χ0n) is 15.0. The van der Waals surface area contributed by atoms with Crippen molar-refractivity contribution in [3.8, 4) is 23.6 Å². The van der Waals surface area contributed by atoms with Gasteiger partial charge in [-0.2, -0.15) is 0 Å². The third-order valence-corrected chi connectivity index (χ3v) is 5.05. The minimum absolute atomic E-state index is 0.227. The summed E-state index contributed by atoms with van der Waals surface area (Å²) < 4.78 is 0. The molecule has 2 aromatic carbocycles. The predicted molar refractivity (Wildman–Crippen MR) is 105 cm³/mol. The Bertz CT molecular complexity index is 1030. The molecule has 4 nitrogen and oxygen atoms in total. The maximum absolute atomic E-state index is 9.95. The standard InChI is InChI=1S/C22H21N3O/c1-4-15-9-10-17(14(2)11-15)20-18-7-5-6-8-19(18)21(25-24-20)23-16-12-22(3,26)13-16/h1,5-11,16,26H,12-13H2,2-3H3,(H,23,25). The van der Waals surface area contributed by atoms with Crippen LogP contribution in [0.5, 0.6) is 0 Å². The van der Waals surface area contributed by atoms with Crippen LogP contribution < -0.4 is 5.32 Å². The van der Waals surface area contributed by atoms with Crippen molar-refractivity contribution in [1.29, 1.82) is 0 Å². The van der Waals surface area contributed by atoms with Gasteiger partial charge in [-0.15, -0.1) is 16.6 Å². The average molecular weight is 343 g/mol. The zero-order chi connectivity index (χ0) is 18.3. The second kappa shape index (κ2) is 6.12. The molecule has 130 valence electrons. The van der Waals surface area contributed by atoms with E-state index in [9.17, 15) is 5.11 Å². The van der Waals surface area contributed by atoms with Gasteiger partial charge in [-0.25, -0.2) is 0 Å². The van der Waals surface area contributed by atoms with E-state index in [-0.39, 0.29) is 6.04 Å². The van der Waals surface area contributed by atoms with Crippen molar-refractivity contribution in [1.82, 2.24) is 10.2 Å². The fourth-order valence-corrected chi connectivity index (χ4v) is 3.73. The number of aromatic nitrogens is 2. The van der Waals surface area contributed by atoms with Crippen LogP contribution in [-0.2, 0) is 0 Å². The summed E-state index contributed by atoms with van der Waals surface area (Å²) in [5, 5.41) is 24.4. The van der Waals surface area contributed by atoms with Gasteiger partial charge in [0.15, 0.2) is 5.82 Å². The highest BCUT2D eigenvalue weighted by molar-refractivity contribution is 6.00. The molecule has 1 aliphatic rings. The maximum Gasteiger partial charge on any atom is 0.156 e. The van der Waals surface area contributed by atoms with Gasteiger partial charge in [0, 0.05) is 27.9 Å². The lowest BCUT2D eigenvalue weighted by atomic mass is 9.77. The van der Waals surface area contributed by atoms with Gasteiger partial charge in [0.1, 0.15) is 5.69 Å². The first kappa shape index (κ1) is 16.6. The van der Waals surface area contributed by atoms with Crippen LogP contribution in [0, 0.1) is 19.3 Å². The number of aryl methyl sites for hydroxylation is 1. The van der Waals surface area contributed by atoms with Gasteiger partial charge in [-0.1, -0.05) is 36.3 Å². The topological polar surface area (TPSA) is 58.0 Å². The Kier molecular flexibility index (Phi) is 3.90. The molecule has 0 atom stereocenters. The molecule has 0 radical (unpaired) electrons. The molecule has 0 unspecified atom stereocenters. The van der Waals surface area contributed by atoms with E-state index in [0.29, 0.717) is 0 Å². The second-order valence-electron chi connectivity index (χ2n) is 7.36. The van der Waals surface area contributed by atoms with Crippen LogP contribution in [0.4, 0.5) is 5.82 Å². The molecule has 1 aromatic heterocycles. The SMILES string of the molecule is C#Cc1ccc(-c2nnc(NC3CC(C)(O)C3)c3ccccc23)c(C)c1. The van der Waals surface area contributed by atoms with Crippen LogP contribution in [0.3, 0.4) is 0 Å². The summed E-state index contributed by atoms with van der Waals surface area (Å²) in [5.74, 6) is 3.43. The number of nitrogens with zero attached hydrogens (tertiary/aromatic N) is 2. The summed E-state index contributed by atoms with van der Waals surface area (Å²) in [4.78, 5) is 0. The Hall–Kier alpha value is -2.90. The number of hydrogen-bond acceptors (Lipinski definition) is 4. The van der Waals surface area contributed by atoms with E-state index in [2.05, 4.69) is 33.6 Å². The quantitative estimate of drug-likeness (QED) is 0.708. The smallest absolute Gasteiger partial charge is 0.156 e. The first-order valence-corrected chi connectivity index (χ1v) is 8.79. The van der Waals surface area contributed by atoms with E-state index < -0.39 is 5.60 Å². The van der Waals surface area contributed by atoms with Crippen LogP contribution >= 0.6 is 0 Å². The van der Waals surface area contributed by atoms with E-state index in [1.807, 2.05) is 44.2 Å². The van der Waals surface area contributed by atoms with Gasteiger partial charge in [0.2, 0.25) is 0 Å². The van der Waals surface area contributed by atoms with E-state index in [1.165, 1.54) is 0 Å². The maximum atomic E-state index is 9.95. The first-order valence-electron chi connectivity index (χ1n) is 8.79. The van der Waals surface area contributed by atoms with Crippen LogP contribution in [0.1, 0.15) is 30.9 Å². The Morgan fingerprint density at radius 1 is 1.15 bits per heavy atom. The lowest BCUT2D eigenvalue weighted by molar-refractivity contribution is -0.0235. The van der Waals surface area contributed by atoms with Crippen molar-refractivity contribution in [2.24, 2.45) is 0 Å². The summed E-state index contributed by atoms with van der Waals surface area (Å²) in [6.45, 7) is 3.90. The highest BCUT2D eigenvalue weighted by atomic mass is 16.3. The van der Waals surface area contributed by atoms with Crippen LogP contribution in [-0.4, -0.2) is 26.9 Å². The molecule has 2 N–H and O–H groups in total. The van der Waals surface area contributed by atoms with Crippen molar-refractivity contribution in [2.75, 3.05) is 5.32 Å². The molecular formula is C22H21N3O. The van der Waals surface area contributed by atoms with Crippen LogP contribution in [0.25, 0.3) is 22.0 Å². The monoisotopic (exact) mass is 343 g/mol. The Morgan fingerprint density at radius 2 is 1.88 bits per heavy atom. The number of terminal acetylenes is 1. The Balaban J connectivity index is 1.76. The minimum atomic E-state index is -0.573. The van der Waals surface area contributed by atoms with Crippen molar-refractivity contribution >= 4 is 16.6 Å². The fourth-order valence-electron chi connectivity index (χ4n) is 3.73. The van der Waals surface area contributed by atoms with Crippen LogP contribution in [0.2, 0.25) is 0 Å². The number of benzene rings is 2. The largest absolute Gasteiger partial charge is 0.390 e. The summed E-state index contributed by atoms with van der Waals surface area (Å²) in [5.41, 5.74) is 3.25. The molecule has 0 bridgehead atoms. The van der Waals surface area contributed by atoms with Gasteiger partial charge in [0.25, 0.3) is 0 Å². The third-order valence-electron chi connectivity index (χ3n) is 5.05.